The van der Waals surface area contributed by atoms with Crippen LogP contribution < -0.4 is 5.73 Å². The minimum absolute atomic E-state index is 0.313. The van der Waals surface area contributed by atoms with Crippen LogP contribution in [0.25, 0.3) is 0 Å². The van der Waals surface area contributed by atoms with Gasteiger partial charge in [0.2, 0.25) is 0 Å². The molecule has 1 aromatic heterocycles. The van der Waals surface area contributed by atoms with Crippen molar-refractivity contribution in [3.8, 4) is 0 Å². The van der Waals surface area contributed by atoms with Gasteiger partial charge >= 0.3 is 0 Å². The fourth-order valence-corrected chi connectivity index (χ4v) is 3.41. The number of likely N-dealkylation sites (N-methyl/N-ethyl adjacent to an activating group) is 1. The molecule has 2 unspecified atom stereocenters. The monoisotopic (exact) mass is 258 g/mol. The molecule has 1 saturated carbocycles. The lowest BCUT2D eigenvalue weighted by molar-refractivity contribution is 0.173. The van der Waals surface area contributed by atoms with E-state index in [2.05, 4.69) is 24.9 Å². The largest absolute Gasteiger partial charge is 0.329 e. The summed E-state index contributed by atoms with van der Waals surface area (Å²) in [5, 5.41) is 0. The number of thiophene rings is 1. The standard InChI is InChI=1S/C12H19ClN2S/c1-8(9-3-4-9)15(2)10(7-14)11-5-6-12(13)16-11/h5-6,8-10H,3-4,7,14H2,1-2H3. The second-order valence-corrected chi connectivity index (χ2v) is 6.38. The highest BCUT2D eigenvalue weighted by Crippen LogP contribution is 2.38. The first kappa shape index (κ1) is 12.4. The molecular formula is C12H19ClN2S. The summed E-state index contributed by atoms with van der Waals surface area (Å²) < 4.78 is 0.848. The molecular weight excluding hydrogens is 240 g/mol. The van der Waals surface area contributed by atoms with Crippen LogP contribution in [0.5, 0.6) is 0 Å². The molecule has 0 radical (unpaired) electrons. The third kappa shape index (κ3) is 2.59. The van der Waals surface area contributed by atoms with Crippen LogP contribution in [0.1, 0.15) is 30.7 Å². The van der Waals surface area contributed by atoms with Gasteiger partial charge in [-0.05, 0) is 44.9 Å². The molecule has 0 aliphatic heterocycles. The second-order valence-electron chi connectivity index (χ2n) is 4.64. The number of nitrogens with zero attached hydrogens (tertiary/aromatic N) is 1. The molecule has 2 atom stereocenters. The molecule has 4 heteroatoms. The quantitative estimate of drug-likeness (QED) is 0.879. The van der Waals surface area contributed by atoms with E-state index in [9.17, 15) is 0 Å². The van der Waals surface area contributed by atoms with Crippen molar-refractivity contribution in [3.63, 3.8) is 0 Å². The molecule has 1 heterocycles. The van der Waals surface area contributed by atoms with Crippen molar-refractivity contribution < 1.29 is 0 Å². The lowest BCUT2D eigenvalue weighted by atomic mass is 10.1. The van der Waals surface area contributed by atoms with Gasteiger partial charge in [0.1, 0.15) is 0 Å². The maximum atomic E-state index is 5.98. The maximum absolute atomic E-state index is 5.98. The first-order chi connectivity index (χ1) is 7.63. The van der Waals surface area contributed by atoms with Gasteiger partial charge in [0.05, 0.1) is 10.4 Å². The normalized spacial score (nSPS) is 20.1. The van der Waals surface area contributed by atoms with Gasteiger partial charge < -0.3 is 5.73 Å². The number of halogens is 1. The Morgan fingerprint density at radius 3 is 2.69 bits per heavy atom. The number of nitrogens with two attached hydrogens (primary N) is 1. The van der Waals surface area contributed by atoms with Crippen LogP contribution >= 0.6 is 22.9 Å². The van der Waals surface area contributed by atoms with Crippen LogP contribution in [0.2, 0.25) is 4.34 Å². The zero-order valence-corrected chi connectivity index (χ0v) is 11.4. The van der Waals surface area contributed by atoms with Crippen molar-refractivity contribution in [2.24, 2.45) is 11.7 Å². The van der Waals surface area contributed by atoms with Gasteiger partial charge in [-0.2, -0.15) is 0 Å². The van der Waals surface area contributed by atoms with Gasteiger partial charge in [0.15, 0.2) is 0 Å². The Balaban J connectivity index is 2.08. The van der Waals surface area contributed by atoms with Crippen molar-refractivity contribution in [2.45, 2.75) is 31.8 Å². The minimum atomic E-state index is 0.313. The van der Waals surface area contributed by atoms with Gasteiger partial charge in [-0.25, -0.2) is 0 Å². The molecule has 0 amide bonds. The molecule has 1 aliphatic rings. The first-order valence-corrected chi connectivity index (χ1v) is 7.00. The summed E-state index contributed by atoms with van der Waals surface area (Å²) in [5.41, 5.74) is 5.90. The lowest BCUT2D eigenvalue weighted by Gasteiger charge is -2.32. The molecule has 90 valence electrons. The first-order valence-electron chi connectivity index (χ1n) is 5.80. The number of hydrogen-bond acceptors (Lipinski definition) is 3. The number of rotatable bonds is 5. The minimum Gasteiger partial charge on any atom is -0.329 e. The smallest absolute Gasteiger partial charge is 0.0931 e. The molecule has 2 nitrogen and oxygen atoms in total. The summed E-state index contributed by atoms with van der Waals surface area (Å²) in [4.78, 5) is 3.68. The topological polar surface area (TPSA) is 29.3 Å². The van der Waals surface area contributed by atoms with Crippen LogP contribution in [0.4, 0.5) is 0 Å². The lowest BCUT2D eigenvalue weighted by Crippen LogP contribution is -2.37. The molecule has 1 aliphatic carbocycles. The predicted octanol–water partition coefficient (Wildman–Crippen LogP) is 3.13. The van der Waals surface area contributed by atoms with E-state index in [1.54, 1.807) is 11.3 Å². The van der Waals surface area contributed by atoms with E-state index in [1.165, 1.54) is 17.7 Å². The molecule has 0 spiro atoms. The van der Waals surface area contributed by atoms with E-state index in [0.717, 1.165) is 10.3 Å². The van der Waals surface area contributed by atoms with Crippen molar-refractivity contribution in [1.29, 1.82) is 0 Å². The Bertz CT molecular complexity index is 349. The maximum Gasteiger partial charge on any atom is 0.0931 e. The summed E-state index contributed by atoms with van der Waals surface area (Å²) in [6.07, 6.45) is 2.74. The van der Waals surface area contributed by atoms with Gasteiger partial charge in [-0.1, -0.05) is 11.6 Å². The summed E-state index contributed by atoms with van der Waals surface area (Å²) in [6.45, 7) is 2.96. The fraction of sp³-hybridized carbons (Fsp3) is 0.667. The van der Waals surface area contributed by atoms with E-state index in [1.807, 2.05) is 6.07 Å². The molecule has 0 saturated heterocycles. The molecule has 16 heavy (non-hydrogen) atoms. The van der Waals surface area contributed by atoms with Crippen LogP contribution in [0.3, 0.4) is 0 Å². The third-order valence-electron chi connectivity index (χ3n) is 3.58. The van der Waals surface area contributed by atoms with E-state index >= 15 is 0 Å². The SMILES string of the molecule is CC(C1CC1)N(C)C(CN)c1ccc(Cl)s1. The van der Waals surface area contributed by atoms with Gasteiger partial charge in [-0.15, -0.1) is 11.3 Å². The van der Waals surface area contributed by atoms with E-state index in [0.29, 0.717) is 18.6 Å². The Hall–Kier alpha value is -0.0900. The van der Waals surface area contributed by atoms with Crippen molar-refractivity contribution in [3.05, 3.63) is 21.3 Å². The van der Waals surface area contributed by atoms with Crippen LogP contribution in [0, 0.1) is 5.92 Å². The van der Waals surface area contributed by atoms with Crippen molar-refractivity contribution in [2.75, 3.05) is 13.6 Å². The van der Waals surface area contributed by atoms with Gasteiger partial charge in [0.25, 0.3) is 0 Å². The second kappa shape index (κ2) is 5.05. The summed E-state index contributed by atoms with van der Waals surface area (Å²) in [7, 11) is 2.17. The molecule has 2 N–H and O–H groups in total. The molecule has 1 fully saturated rings. The highest BCUT2D eigenvalue weighted by atomic mass is 35.5. The third-order valence-corrected chi connectivity index (χ3v) is 4.92. The molecule has 2 rings (SSSR count). The Labute approximate surface area is 106 Å². The number of hydrogen-bond donors (Lipinski definition) is 1. The predicted molar refractivity (Wildman–Crippen MR) is 71.1 cm³/mol. The zero-order valence-electron chi connectivity index (χ0n) is 9.82. The Morgan fingerprint density at radius 2 is 2.25 bits per heavy atom. The van der Waals surface area contributed by atoms with Gasteiger partial charge in [-0.3, -0.25) is 4.90 Å². The average molecular weight is 259 g/mol. The summed E-state index contributed by atoms with van der Waals surface area (Å²) >= 11 is 7.62. The molecule has 0 bridgehead atoms. The summed E-state index contributed by atoms with van der Waals surface area (Å²) in [5.74, 6) is 0.870. The van der Waals surface area contributed by atoms with E-state index in [-0.39, 0.29) is 0 Å². The van der Waals surface area contributed by atoms with Crippen LogP contribution in [-0.4, -0.2) is 24.5 Å². The Kier molecular flexibility index (Phi) is 3.90. The Morgan fingerprint density at radius 1 is 1.56 bits per heavy atom. The highest BCUT2D eigenvalue weighted by molar-refractivity contribution is 7.16. The van der Waals surface area contributed by atoms with E-state index < -0.39 is 0 Å². The highest BCUT2D eigenvalue weighted by Gasteiger charge is 2.33. The molecule has 1 aromatic rings. The van der Waals surface area contributed by atoms with Crippen LogP contribution in [0.15, 0.2) is 12.1 Å². The van der Waals surface area contributed by atoms with Gasteiger partial charge in [0, 0.05) is 17.5 Å². The molecule has 0 aromatic carbocycles. The van der Waals surface area contributed by atoms with Crippen molar-refractivity contribution >= 4 is 22.9 Å². The fourth-order valence-electron chi connectivity index (χ4n) is 2.19. The van der Waals surface area contributed by atoms with Crippen LogP contribution in [-0.2, 0) is 0 Å². The average Bonchev–Trinajstić information content (AvgIpc) is 3.03. The zero-order chi connectivity index (χ0) is 11.7. The summed E-state index contributed by atoms with van der Waals surface area (Å²) in [6, 6.07) is 4.99. The van der Waals surface area contributed by atoms with E-state index in [4.69, 9.17) is 17.3 Å². The van der Waals surface area contributed by atoms with Crippen molar-refractivity contribution in [1.82, 2.24) is 4.90 Å².